The molecule has 1 aromatic heterocycles. The quantitative estimate of drug-likeness (QED) is 0.0612. The molecule has 2 aromatic carbocycles. The second kappa shape index (κ2) is 24.3. The first-order chi connectivity index (χ1) is 34.4. The zero-order valence-corrected chi connectivity index (χ0v) is 47.3. The fourth-order valence-electron chi connectivity index (χ4n) is 7.29. The average Bonchev–Trinajstić information content (AvgIpc) is 3.63. The Labute approximate surface area is 442 Å². The molecule has 75 heavy (non-hydrogen) atoms. The molecule has 18 heteroatoms. The Morgan fingerprint density at radius 3 is 1.61 bits per heavy atom. The van der Waals surface area contributed by atoms with Crippen molar-refractivity contribution in [3.63, 3.8) is 0 Å². The molecule has 1 saturated heterocycles. The Morgan fingerprint density at radius 1 is 0.600 bits per heavy atom. The Balaban J connectivity index is 1.80. The van der Waals surface area contributed by atoms with Crippen molar-refractivity contribution < 1.29 is 71.8 Å². The van der Waals surface area contributed by atoms with Gasteiger partial charge in [-0.1, -0.05) is 36.4 Å². The summed E-state index contributed by atoms with van der Waals surface area (Å²) in [5.74, 6) is -4.50. The van der Waals surface area contributed by atoms with E-state index < -0.39 is 106 Å². The molecule has 1 aliphatic heterocycles. The predicted octanol–water partition coefficient (Wildman–Crippen LogP) is 8.67. The second-order valence-corrected chi connectivity index (χ2v) is 25.1. The van der Waals surface area contributed by atoms with Gasteiger partial charge in [-0.15, -0.1) is 5.10 Å². The van der Waals surface area contributed by atoms with Gasteiger partial charge in [0.05, 0.1) is 44.5 Å². The van der Waals surface area contributed by atoms with Gasteiger partial charge in [0.25, 0.3) is 0 Å². The van der Waals surface area contributed by atoms with Crippen LogP contribution in [-0.2, 0) is 87.8 Å². The standard InChI is InChI=1S/C57H83N3O15/c1-52(2,3)47(64)69-32-31-60-37-23-20-22-36(30-29-35-27-25-34(26-28-35)21-18-19-24-39(61)58-57(16,17)46(62)63)40(37)44(59-60)75-45-43(74-51(68)56(13,14)15)42(73-50(67)55(10,11)12)41(72-49(66)54(7,8)9)38(71-45)33-70-48(65)53(4,5)6/h20,22-23,25-28,38,41-43,45H,18-19,21,24,29-33H2,1-17H3,(H,58,61)(H,62,63)/t38-,41-,42+,43-,45+/m1/s1. The van der Waals surface area contributed by atoms with Crippen LogP contribution < -0.4 is 10.1 Å². The number of hydrogen-bond acceptors (Lipinski definition) is 15. The maximum absolute atomic E-state index is 14.0. The third-order valence-corrected chi connectivity index (χ3v) is 12.2. The Kier molecular flexibility index (Phi) is 19.9. The highest BCUT2D eigenvalue weighted by atomic mass is 16.7. The van der Waals surface area contributed by atoms with Gasteiger partial charge < -0.3 is 43.6 Å². The minimum absolute atomic E-state index is 0.0301. The van der Waals surface area contributed by atoms with E-state index >= 15 is 0 Å². The van der Waals surface area contributed by atoms with Gasteiger partial charge in [-0.25, -0.2) is 4.79 Å². The summed E-state index contributed by atoms with van der Waals surface area (Å²) in [6, 6.07) is 13.8. The summed E-state index contributed by atoms with van der Waals surface area (Å²) in [7, 11) is 0. The number of aromatic nitrogens is 2. The molecule has 2 heterocycles. The number of fused-ring (bicyclic) bond motifs is 1. The van der Waals surface area contributed by atoms with Gasteiger partial charge in [0.15, 0.2) is 12.2 Å². The van der Waals surface area contributed by atoms with Gasteiger partial charge in [-0.2, -0.15) is 0 Å². The van der Waals surface area contributed by atoms with Crippen LogP contribution in [0.5, 0.6) is 5.88 Å². The van der Waals surface area contributed by atoms with Crippen LogP contribution in [0, 0.1) is 27.1 Å². The summed E-state index contributed by atoms with van der Waals surface area (Å²) in [5.41, 5.74) is -2.74. The SMILES string of the molecule is CC(C)(C)C(=O)OCCn1nc(O[C@@H]2O[C@H](COC(=O)C(C)(C)C)[C@@H](OC(=O)C(C)(C)C)[C@H](OC(=O)C(C)(C)C)[C@H]2OC(=O)C(C)(C)C)c2c(CCc3ccc(CCCCC(=O)NC(C)(C)C(=O)O)cc3)cccc21. The fourth-order valence-corrected chi connectivity index (χ4v) is 7.29. The van der Waals surface area contributed by atoms with Crippen LogP contribution in [0.2, 0.25) is 0 Å². The van der Waals surface area contributed by atoms with Crippen LogP contribution in [-0.4, -0.2) is 106 Å². The summed E-state index contributed by atoms with van der Waals surface area (Å²) in [5, 5.41) is 17.4. The number of hydrogen-bond donors (Lipinski definition) is 2. The highest BCUT2D eigenvalue weighted by Crippen LogP contribution is 2.38. The number of carboxylic acid groups (broad SMARTS) is 1. The van der Waals surface area contributed by atoms with Crippen molar-refractivity contribution in [3.05, 3.63) is 59.2 Å². The van der Waals surface area contributed by atoms with E-state index in [-0.39, 0.29) is 31.4 Å². The summed E-state index contributed by atoms with van der Waals surface area (Å²) in [4.78, 5) is 91.7. The molecule has 0 radical (unpaired) electrons. The number of benzene rings is 2. The molecular weight excluding hydrogens is 967 g/mol. The number of carboxylic acids is 1. The number of amides is 1. The molecule has 0 aliphatic carbocycles. The predicted molar refractivity (Wildman–Crippen MR) is 279 cm³/mol. The van der Waals surface area contributed by atoms with Gasteiger partial charge >= 0.3 is 35.8 Å². The Hall–Kier alpha value is -6.04. The number of unbranched alkanes of at least 4 members (excludes halogenated alkanes) is 1. The lowest BCUT2D eigenvalue weighted by Crippen LogP contribution is -2.65. The van der Waals surface area contributed by atoms with Crippen molar-refractivity contribution in [1.29, 1.82) is 0 Å². The first kappa shape index (κ1) is 61.5. The summed E-state index contributed by atoms with van der Waals surface area (Å²) in [6.45, 7) is 27.6. The highest BCUT2D eigenvalue weighted by molar-refractivity contribution is 5.88. The molecule has 1 aliphatic rings. The van der Waals surface area contributed by atoms with Gasteiger partial charge in [-0.3, -0.25) is 33.4 Å². The first-order valence-electron chi connectivity index (χ1n) is 25.8. The number of nitrogens with zero attached hydrogens (tertiary/aromatic N) is 2. The summed E-state index contributed by atoms with van der Waals surface area (Å²) < 4.78 is 45.2. The lowest BCUT2D eigenvalue weighted by atomic mass is 9.93. The normalized spacial score (nSPS) is 18.7. The van der Waals surface area contributed by atoms with E-state index in [4.69, 9.17) is 38.3 Å². The van der Waals surface area contributed by atoms with E-state index in [0.29, 0.717) is 30.2 Å². The lowest BCUT2D eigenvalue weighted by molar-refractivity contribution is -0.294. The molecule has 5 atom stereocenters. The molecule has 4 rings (SSSR count). The van der Waals surface area contributed by atoms with Crippen LogP contribution in [0.1, 0.15) is 154 Å². The lowest BCUT2D eigenvalue weighted by Gasteiger charge is -2.45. The van der Waals surface area contributed by atoms with E-state index in [1.165, 1.54) is 13.8 Å². The molecule has 0 spiro atoms. The van der Waals surface area contributed by atoms with E-state index in [9.17, 15) is 38.7 Å². The van der Waals surface area contributed by atoms with Gasteiger partial charge in [0.1, 0.15) is 24.9 Å². The zero-order chi connectivity index (χ0) is 56.6. The van der Waals surface area contributed by atoms with Crippen LogP contribution in [0.4, 0.5) is 0 Å². The number of aliphatic carboxylic acids is 1. The number of nitrogens with one attached hydrogen (secondary N) is 1. The van der Waals surface area contributed by atoms with Crippen molar-refractivity contribution in [2.75, 3.05) is 13.2 Å². The monoisotopic (exact) mass is 1050 g/mol. The molecule has 1 fully saturated rings. The number of aryl methyl sites for hydroxylation is 3. The van der Waals surface area contributed by atoms with Gasteiger partial charge in [-0.05, 0) is 173 Å². The van der Waals surface area contributed by atoms with Crippen molar-refractivity contribution in [3.8, 4) is 5.88 Å². The number of carbonyl (C=O) groups is 7. The van der Waals surface area contributed by atoms with E-state index in [1.54, 1.807) is 109 Å². The molecule has 0 unspecified atom stereocenters. The first-order valence-corrected chi connectivity index (χ1v) is 25.8. The van der Waals surface area contributed by atoms with Crippen molar-refractivity contribution in [1.82, 2.24) is 15.1 Å². The molecule has 18 nitrogen and oxygen atoms in total. The minimum atomic E-state index is -1.62. The fraction of sp³-hybridized carbons (Fsp3) is 0.649. The number of ether oxygens (including phenoxy) is 7. The van der Waals surface area contributed by atoms with Crippen LogP contribution in [0.25, 0.3) is 10.9 Å². The van der Waals surface area contributed by atoms with E-state index in [0.717, 1.165) is 29.5 Å². The maximum Gasteiger partial charge on any atom is 0.328 e. The molecular formula is C57H83N3O15. The molecule has 1 amide bonds. The number of esters is 5. The minimum Gasteiger partial charge on any atom is -0.480 e. The van der Waals surface area contributed by atoms with Gasteiger partial charge in [0.2, 0.25) is 24.2 Å². The van der Waals surface area contributed by atoms with Gasteiger partial charge in [0, 0.05) is 6.42 Å². The van der Waals surface area contributed by atoms with E-state index in [2.05, 4.69) is 5.32 Å². The summed E-state index contributed by atoms with van der Waals surface area (Å²) in [6.07, 6.45) is -4.23. The van der Waals surface area contributed by atoms with Crippen LogP contribution in [0.3, 0.4) is 0 Å². The Morgan fingerprint density at radius 2 is 1.09 bits per heavy atom. The summed E-state index contributed by atoms with van der Waals surface area (Å²) >= 11 is 0. The van der Waals surface area contributed by atoms with Crippen LogP contribution >= 0.6 is 0 Å². The molecule has 2 N–H and O–H groups in total. The molecule has 0 saturated carbocycles. The molecule has 0 bridgehead atoms. The number of carbonyl (C=O) groups excluding carboxylic acids is 6. The average molecular weight is 1050 g/mol. The zero-order valence-electron chi connectivity index (χ0n) is 47.3. The second-order valence-electron chi connectivity index (χ2n) is 25.1. The van der Waals surface area contributed by atoms with Crippen molar-refractivity contribution >= 4 is 52.6 Å². The topological polar surface area (TPSA) is 234 Å². The third kappa shape index (κ3) is 17.5. The Bertz CT molecular complexity index is 2510. The van der Waals surface area contributed by atoms with E-state index in [1.807, 2.05) is 42.5 Å². The molecule has 3 aromatic rings. The number of rotatable bonds is 20. The smallest absolute Gasteiger partial charge is 0.328 e. The highest BCUT2D eigenvalue weighted by Gasteiger charge is 2.56. The largest absolute Gasteiger partial charge is 0.480 e. The maximum atomic E-state index is 14.0. The third-order valence-electron chi connectivity index (χ3n) is 12.2. The van der Waals surface area contributed by atoms with Crippen molar-refractivity contribution in [2.45, 2.75) is 199 Å². The van der Waals surface area contributed by atoms with Crippen molar-refractivity contribution in [2.24, 2.45) is 27.1 Å². The molecule has 416 valence electrons. The van der Waals surface area contributed by atoms with Crippen LogP contribution in [0.15, 0.2) is 42.5 Å².